The van der Waals surface area contributed by atoms with Gasteiger partial charge < -0.3 is 54.1 Å². The Morgan fingerprint density at radius 2 is 0.713 bits per heavy atom. The van der Waals surface area contributed by atoms with Gasteiger partial charge in [0.05, 0.1) is 116 Å². The molecule has 6 aliphatic carbocycles. The predicted octanol–water partition coefficient (Wildman–Crippen LogP) is 19.0. The fourth-order valence-corrected chi connectivity index (χ4v) is 23.1. The zero-order valence-electron chi connectivity index (χ0n) is 66.8. The molecule has 0 radical (unpaired) electrons. The summed E-state index contributed by atoms with van der Waals surface area (Å²) in [6.07, 6.45) is 21.3. The molecule has 0 spiro atoms. The van der Waals surface area contributed by atoms with E-state index in [9.17, 15) is 48.4 Å². The molecular formula is C86H105N5O18S6. The molecule has 1 atom stereocenters. The van der Waals surface area contributed by atoms with Crippen LogP contribution in [0.4, 0.5) is 0 Å². The minimum absolute atomic E-state index is 0.0247. The van der Waals surface area contributed by atoms with Gasteiger partial charge in [0.25, 0.3) is 11.4 Å². The van der Waals surface area contributed by atoms with Gasteiger partial charge in [0.15, 0.2) is 5.78 Å². The number of carbonyl (C=O) groups excluding carboxylic acids is 9. The number of nitriles is 1. The van der Waals surface area contributed by atoms with E-state index in [2.05, 4.69) is 37.4 Å². The van der Waals surface area contributed by atoms with E-state index in [4.69, 9.17) is 67.2 Å². The standard InChI is InChI=1S/C31H41N3O7S2.C29H36O7S2.C26H28N2O4S2/c1-18(38-3)14-15-39-30(37)25(34-2)31-42-26-23(40-28(35)21-8-4-19(16-32)5-9-21)12-13-24(27(26)43-31)41-29(36)22-10-6-20(17-33)7-11-22;1-5-34-28(33)23(18(4)30)29-37-24-21(35-26(31)19-10-6-16(2)7-11-19)14-15-22(25(24)38-29)36-27(32)20-12-8-17(3)9-13-20;1-15-4-8-17(9-5-15)24(29)31-20-12-13-21(32-25(30)18-10-6-16(2)7-11-18)23-22(20)33-26(34-23)19(14-27)28-3/h12-13,18-22H,4-11,14-17,32-33H2,1,3H3;14-17,19-20H,5-13H2,1-4H3;12-13,15-18H,4-11H2,1-2H3. The van der Waals surface area contributed by atoms with Crippen molar-refractivity contribution in [1.29, 1.82) is 5.26 Å². The quantitative estimate of drug-likeness (QED) is 0.0179. The number of thioether (sulfide) groups is 6. The fraction of sp³-hybridized carbons (Fsp3) is 0.581. The van der Waals surface area contributed by atoms with Crippen molar-refractivity contribution in [2.24, 2.45) is 82.5 Å². The topological polar surface area (TPSA) is 321 Å². The summed E-state index contributed by atoms with van der Waals surface area (Å²) >= 11 is 7.08. The van der Waals surface area contributed by atoms with Crippen molar-refractivity contribution >= 4 is 124 Å². The number of Topliss-reactive ketones (excluding diaryl/α,β-unsaturated/α-hetero) is 1. The molecule has 618 valence electrons. The van der Waals surface area contributed by atoms with Crippen LogP contribution in [-0.2, 0) is 57.4 Å². The normalized spacial score (nSPS) is 24.8. The minimum Gasteiger partial charge on any atom is -0.470 e. The first kappa shape index (κ1) is 90.1. The number of nitrogens with two attached hydrogens (primary N) is 2. The van der Waals surface area contributed by atoms with Crippen LogP contribution < -0.4 is 39.9 Å². The van der Waals surface area contributed by atoms with Gasteiger partial charge in [-0.3, -0.25) is 38.4 Å². The number of methoxy groups -OCH3 is 1. The molecule has 6 fully saturated rings. The lowest BCUT2D eigenvalue weighted by atomic mass is 9.82. The summed E-state index contributed by atoms with van der Waals surface area (Å²) in [7, 11) is 1.58. The van der Waals surface area contributed by atoms with Crippen molar-refractivity contribution in [3.05, 3.63) is 88.9 Å². The molecule has 3 aromatic carbocycles. The maximum Gasteiger partial charge on any atom is 0.343 e. The predicted molar refractivity (Wildman–Crippen MR) is 441 cm³/mol. The van der Waals surface area contributed by atoms with Crippen LogP contribution in [0.2, 0.25) is 0 Å². The van der Waals surface area contributed by atoms with Gasteiger partial charge in [-0.15, -0.1) is 0 Å². The highest BCUT2D eigenvalue weighted by Crippen LogP contribution is 2.62. The molecule has 0 bridgehead atoms. The molecule has 0 saturated heterocycles. The van der Waals surface area contributed by atoms with Crippen LogP contribution >= 0.6 is 70.6 Å². The molecule has 9 aliphatic rings. The number of hydrogen-bond acceptors (Lipinski definition) is 27. The van der Waals surface area contributed by atoms with Crippen LogP contribution in [0.1, 0.15) is 209 Å². The van der Waals surface area contributed by atoms with Crippen LogP contribution in [0.5, 0.6) is 34.5 Å². The van der Waals surface area contributed by atoms with Gasteiger partial charge in [0.1, 0.15) is 40.1 Å². The van der Waals surface area contributed by atoms with Crippen molar-refractivity contribution in [3.8, 4) is 40.6 Å². The Kier molecular flexibility index (Phi) is 34.0. The molecule has 0 amide bonds. The molecule has 0 aromatic heterocycles. The van der Waals surface area contributed by atoms with Crippen LogP contribution in [0.25, 0.3) is 9.69 Å². The molecule has 3 heterocycles. The van der Waals surface area contributed by atoms with Crippen LogP contribution in [0, 0.1) is 95.5 Å². The zero-order valence-corrected chi connectivity index (χ0v) is 71.7. The Hall–Kier alpha value is -7.24. The molecule has 23 nitrogen and oxygen atoms in total. The van der Waals surface area contributed by atoms with E-state index < -0.39 is 17.7 Å². The van der Waals surface area contributed by atoms with Gasteiger partial charge >= 0.3 is 47.8 Å². The number of carbonyl (C=O) groups is 9. The number of nitrogens with zero attached hydrogens (tertiary/aromatic N) is 3. The first-order valence-corrected chi connectivity index (χ1v) is 45.3. The minimum atomic E-state index is -0.744. The lowest BCUT2D eigenvalue weighted by Gasteiger charge is -2.26. The number of ether oxygens (including phenoxy) is 9. The first-order chi connectivity index (χ1) is 55.3. The zero-order chi connectivity index (χ0) is 82.6. The maximum atomic E-state index is 13.2. The highest BCUT2D eigenvalue weighted by Gasteiger charge is 2.41. The summed E-state index contributed by atoms with van der Waals surface area (Å²) in [6, 6.07) is 11.8. The van der Waals surface area contributed by atoms with Crippen molar-refractivity contribution in [3.63, 3.8) is 0 Å². The van der Waals surface area contributed by atoms with Crippen molar-refractivity contribution in [2.75, 3.05) is 33.4 Å². The second-order valence-corrected chi connectivity index (χ2v) is 38.4. The number of esters is 8. The number of allylic oxidation sites excluding steroid dienone is 1. The molecule has 6 saturated carbocycles. The van der Waals surface area contributed by atoms with Crippen molar-refractivity contribution in [2.45, 2.75) is 244 Å². The van der Waals surface area contributed by atoms with Gasteiger partial charge in [-0.05, 0) is 260 Å². The van der Waals surface area contributed by atoms with Crippen molar-refractivity contribution < 1.29 is 85.8 Å². The van der Waals surface area contributed by atoms with E-state index in [-0.39, 0.29) is 108 Å². The van der Waals surface area contributed by atoms with Gasteiger partial charge in [-0.25, -0.2) is 19.7 Å². The van der Waals surface area contributed by atoms with E-state index in [1.54, 1.807) is 50.4 Å². The number of hydrogen-bond donors (Lipinski definition) is 2. The smallest absolute Gasteiger partial charge is 0.343 e. The van der Waals surface area contributed by atoms with Gasteiger partial charge in [0, 0.05) is 13.5 Å². The van der Waals surface area contributed by atoms with Crippen LogP contribution in [-0.4, -0.2) is 93.1 Å². The monoisotopic (exact) mass is 1690 g/mol. The van der Waals surface area contributed by atoms with E-state index >= 15 is 0 Å². The molecule has 1 unspecified atom stereocenters. The molecule has 29 heteroatoms. The summed E-state index contributed by atoms with van der Waals surface area (Å²) in [5.74, 6) is 0.853. The Labute approximate surface area is 700 Å². The summed E-state index contributed by atoms with van der Waals surface area (Å²) in [5.41, 5.74) is 11.4. The van der Waals surface area contributed by atoms with E-state index in [1.807, 2.05) is 13.0 Å². The van der Waals surface area contributed by atoms with Gasteiger partial charge in [-0.2, -0.15) is 0 Å². The van der Waals surface area contributed by atoms with Gasteiger partial charge in [0.2, 0.25) is 0 Å². The second-order valence-electron chi connectivity index (χ2n) is 31.6. The van der Waals surface area contributed by atoms with Crippen LogP contribution in [0.15, 0.2) is 95.4 Å². The molecule has 115 heavy (non-hydrogen) atoms. The lowest BCUT2D eigenvalue weighted by molar-refractivity contribution is -0.141. The molecule has 12 rings (SSSR count). The first-order valence-electron chi connectivity index (χ1n) is 40.4. The Balaban J connectivity index is 0.000000184. The molecule has 3 aromatic rings. The van der Waals surface area contributed by atoms with E-state index in [1.165, 1.54) is 54.0 Å². The summed E-state index contributed by atoms with van der Waals surface area (Å²) < 4.78 is 52.2. The number of benzene rings is 3. The lowest BCUT2D eigenvalue weighted by Crippen LogP contribution is -2.28. The SMILES string of the molecule is CCOC(=O)C(C(C)=O)=C1Sc2c(OC(=O)C3CCC(C)CC3)ccc(OC(=O)C3CCC(C)CC3)c2S1.[C-]#[N+]C(C#N)=C1Sc2c(OC(=O)C3CCC(C)CC3)ccc(OC(=O)C3CCC(C)CC3)c2S1.[C-]#[N+]C(C(=O)OCCC(C)OC)=C1Sc2c(OC(=O)C3CCC(CN)CC3)ccc(OC(=O)C3CCC(CN)CC3)c2S1. The van der Waals surface area contributed by atoms with Crippen LogP contribution in [0.3, 0.4) is 0 Å². The van der Waals surface area contributed by atoms with E-state index in [0.29, 0.717) is 157 Å². The highest BCUT2D eigenvalue weighted by molar-refractivity contribution is 8.25. The average molecular weight is 1690 g/mol. The maximum absolute atomic E-state index is 13.2. The van der Waals surface area contributed by atoms with Crippen molar-refractivity contribution in [1.82, 2.24) is 0 Å². The highest BCUT2D eigenvalue weighted by atomic mass is 32.2. The Morgan fingerprint density at radius 3 is 0.957 bits per heavy atom. The van der Waals surface area contributed by atoms with E-state index in [0.717, 1.165) is 152 Å². The number of rotatable bonds is 22. The summed E-state index contributed by atoms with van der Waals surface area (Å²) in [5, 5.41) is 9.36. The molecule has 3 aliphatic heterocycles. The average Bonchev–Trinajstić information content (AvgIpc) is 1.65. The fourth-order valence-electron chi connectivity index (χ4n) is 15.3. The largest absolute Gasteiger partial charge is 0.470 e. The summed E-state index contributed by atoms with van der Waals surface area (Å²) in [4.78, 5) is 126. The number of fused-ring (bicyclic) bond motifs is 3. The third kappa shape index (κ3) is 24.0. The number of ketones is 1. The molecular weight excluding hydrogens is 1580 g/mol. The van der Waals surface area contributed by atoms with Gasteiger partial charge in [-0.1, -0.05) is 98.3 Å². The third-order valence-electron chi connectivity index (χ3n) is 23.1. The Morgan fingerprint density at radius 1 is 0.435 bits per heavy atom. The third-order valence-corrected chi connectivity index (χ3v) is 30.9. The second kappa shape index (κ2) is 43.5. The Bertz CT molecular complexity index is 4100. The molecule has 4 N–H and O–H groups in total. The summed E-state index contributed by atoms with van der Waals surface area (Å²) in [6.45, 7) is 30.1.